The van der Waals surface area contributed by atoms with Crippen molar-refractivity contribution < 1.29 is 14.3 Å². The highest BCUT2D eigenvalue weighted by Crippen LogP contribution is 2.22. The Morgan fingerprint density at radius 2 is 2.00 bits per heavy atom. The summed E-state index contributed by atoms with van der Waals surface area (Å²) < 4.78 is 4.70. The average molecular weight is 309 g/mol. The van der Waals surface area contributed by atoms with Crippen molar-refractivity contribution in [2.75, 3.05) is 7.11 Å². The number of hydrogen-bond acceptors (Lipinski definition) is 4. The fraction of sp³-hybridized carbons (Fsp3) is 0.688. The third-order valence-corrected chi connectivity index (χ3v) is 3.55. The number of amides is 1. The van der Waals surface area contributed by atoms with Crippen LogP contribution in [0.5, 0.6) is 0 Å². The smallest absolute Gasteiger partial charge is 0.306 e. The van der Waals surface area contributed by atoms with Gasteiger partial charge in [0.25, 0.3) is 0 Å². The highest BCUT2D eigenvalue weighted by molar-refractivity contribution is 5.84. The Hall–Kier alpha value is -1.85. The van der Waals surface area contributed by atoms with E-state index >= 15 is 0 Å². The minimum absolute atomic E-state index is 0.101. The molecular weight excluding hydrogens is 282 g/mol. The molecule has 1 rings (SSSR count). The van der Waals surface area contributed by atoms with Crippen molar-refractivity contribution in [2.45, 2.75) is 46.6 Å². The van der Waals surface area contributed by atoms with Crippen molar-refractivity contribution in [3.05, 3.63) is 18.2 Å². The lowest BCUT2D eigenvalue weighted by molar-refractivity contribution is -0.144. The molecule has 124 valence electrons. The van der Waals surface area contributed by atoms with Crippen LogP contribution in [0.1, 0.15) is 52.4 Å². The molecule has 0 spiro atoms. The summed E-state index contributed by atoms with van der Waals surface area (Å²) in [6.45, 7) is 8.10. The lowest BCUT2D eigenvalue weighted by atomic mass is 9.92. The fourth-order valence-corrected chi connectivity index (χ4v) is 2.41. The second-order valence-corrected chi connectivity index (χ2v) is 6.31. The van der Waals surface area contributed by atoms with Crippen molar-refractivity contribution in [1.29, 1.82) is 0 Å². The summed E-state index contributed by atoms with van der Waals surface area (Å²) in [5.41, 5.74) is 0. The standard InChI is InChI=1S/C16H27N3O3/c1-10(2)8-12(9-13(20)22-5)16(21)19-14(11(3)4)15-17-6-7-18-15/h6-7,10-12,14H,8-9H2,1-5H3,(H,17,18)(H,19,21). The number of aromatic amines is 1. The van der Waals surface area contributed by atoms with Crippen LogP contribution < -0.4 is 5.32 Å². The van der Waals surface area contributed by atoms with Gasteiger partial charge >= 0.3 is 5.97 Å². The third-order valence-electron chi connectivity index (χ3n) is 3.55. The van der Waals surface area contributed by atoms with Crippen LogP contribution in [0.4, 0.5) is 0 Å². The molecule has 0 aliphatic heterocycles. The van der Waals surface area contributed by atoms with Crippen LogP contribution in [-0.4, -0.2) is 29.0 Å². The van der Waals surface area contributed by atoms with Crippen LogP contribution in [0.25, 0.3) is 0 Å². The number of carbonyl (C=O) groups is 2. The summed E-state index contributed by atoms with van der Waals surface area (Å²) in [4.78, 5) is 31.4. The Morgan fingerprint density at radius 3 is 2.45 bits per heavy atom. The van der Waals surface area contributed by atoms with E-state index in [1.807, 2.05) is 27.7 Å². The average Bonchev–Trinajstić information content (AvgIpc) is 2.96. The molecule has 0 bridgehead atoms. The van der Waals surface area contributed by atoms with Crippen molar-refractivity contribution >= 4 is 11.9 Å². The molecule has 0 saturated carbocycles. The second-order valence-electron chi connectivity index (χ2n) is 6.31. The van der Waals surface area contributed by atoms with Gasteiger partial charge in [0, 0.05) is 18.3 Å². The number of hydrogen-bond donors (Lipinski definition) is 2. The molecule has 2 atom stereocenters. The van der Waals surface area contributed by atoms with Crippen molar-refractivity contribution in [3.8, 4) is 0 Å². The number of esters is 1. The predicted octanol–water partition coefficient (Wildman–Crippen LogP) is 2.45. The van der Waals surface area contributed by atoms with E-state index in [4.69, 9.17) is 4.74 Å². The molecule has 1 amide bonds. The van der Waals surface area contributed by atoms with Crippen LogP contribution in [0.15, 0.2) is 12.4 Å². The lowest BCUT2D eigenvalue weighted by Gasteiger charge is -2.24. The van der Waals surface area contributed by atoms with Crippen LogP contribution in [-0.2, 0) is 14.3 Å². The van der Waals surface area contributed by atoms with Gasteiger partial charge in [-0.05, 0) is 18.3 Å². The van der Waals surface area contributed by atoms with Crippen molar-refractivity contribution in [1.82, 2.24) is 15.3 Å². The fourth-order valence-electron chi connectivity index (χ4n) is 2.41. The first kappa shape index (κ1) is 18.2. The van der Waals surface area contributed by atoms with E-state index < -0.39 is 0 Å². The van der Waals surface area contributed by atoms with E-state index in [9.17, 15) is 9.59 Å². The summed E-state index contributed by atoms with van der Waals surface area (Å²) in [5, 5.41) is 3.01. The van der Waals surface area contributed by atoms with Crippen LogP contribution >= 0.6 is 0 Å². The van der Waals surface area contributed by atoms with E-state index in [-0.39, 0.29) is 36.2 Å². The number of H-pyrrole nitrogens is 1. The van der Waals surface area contributed by atoms with E-state index in [0.717, 1.165) is 5.82 Å². The Balaban J connectivity index is 2.81. The highest BCUT2D eigenvalue weighted by atomic mass is 16.5. The van der Waals surface area contributed by atoms with Gasteiger partial charge in [-0.1, -0.05) is 27.7 Å². The van der Waals surface area contributed by atoms with E-state index in [0.29, 0.717) is 12.3 Å². The molecule has 0 radical (unpaired) electrons. The summed E-state index contributed by atoms with van der Waals surface area (Å²) >= 11 is 0. The molecule has 1 heterocycles. The number of carbonyl (C=O) groups excluding carboxylic acids is 2. The summed E-state index contributed by atoms with van der Waals surface area (Å²) in [6.07, 6.45) is 4.14. The number of nitrogens with zero attached hydrogens (tertiary/aromatic N) is 1. The molecule has 22 heavy (non-hydrogen) atoms. The van der Waals surface area contributed by atoms with Crippen LogP contribution in [0.3, 0.4) is 0 Å². The Kier molecular flexibility index (Phi) is 7.08. The Morgan fingerprint density at radius 1 is 1.32 bits per heavy atom. The SMILES string of the molecule is COC(=O)CC(CC(C)C)C(=O)NC(c1ncc[nH]1)C(C)C. The molecule has 6 nitrogen and oxygen atoms in total. The van der Waals surface area contributed by atoms with Crippen LogP contribution in [0.2, 0.25) is 0 Å². The zero-order valence-corrected chi connectivity index (χ0v) is 14.1. The monoisotopic (exact) mass is 309 g/mol. The maximum absolute atomic E-state index is 12.6. The summed E-state index contributed by atoms with van der Waals surface area (Å²) in [5.74, 6) is 0.358. The number of rotatable bonds is 8. The molecule has 2 N–H and O–H groups in total. The zero-order chi connectivity index (χ0) is 16.7. The minimum Gasteiger partial charge on any atom is -0.469 e. The first-order valence-electron chi connectivity index (χ1n) is 7.71. The first-order valence-corrected chi connectivity index (χ1v) is 7.71. The molecular formula is C16H27N3O3. The van der Waals surface area contributed by atoms with Gasteiger partial charge < -0.3 is 15.0 Å². The van der Waals surface area contributed by atoms with E-state index in [1.54, 1.807) is 12.4 Å². The summed E-state index contributed by atoms with van der Waals surface area (Å²) in [6, 6.07) is -0.199. The molecule has 1 aromatic rings. The summed E-state index contributed by atoms with van der Waals surface area (Å²) in [7, 11) is 1.34. The van der Waals surface area contributed by atoms with E-state index in [2.05, 4.69) is 15.3 Å². The normalized spacial score (nSPS) is 14.0. The number of methoxy groups -OCH3 is 1. The van der Waals surface area contributed by atoms with Gasteiger partial charge in [-0.2, -0.15) is 0 Å². The molecule has 0 aromatic carbocycles. The molecule has 6 heteroatoms. The zero-order valence-electron chi connectivity index (χ0n) is 14.1. The Bertz CT molecular complexity index is 469. The van der Waals surface area contributed by atoms with Crippen LogP contribution in [0, 0.1) is 17.8 Å². The molecule has 0 aliphatic rings. The number of nitrogens with one attached hydrogen (secondary N) is 2. The number of aromatic nitrogens is 2. The molecule has 1 aromatic heterocycles. The maximum Gasteiger partial charge on any atom is 0.306 e. The molecule has 2 unspecified atom stereocenters. The Labute approximate surface area is 132 Å². The molecule has 0 fully saturated rings. The van der Waals surface area contributed by atoms with Gasteiger partial charge in [0.1, 0.15) is 5.82 Å². The van der Waals surface area contributed by atoms with Crippen molar-refractivity contribution in [2.24, 2.45) is 17.8 Å². The van der Waals surface area contributed by atoms with Gasteiger partial charge in [-0.15, -0.1) is 0 Å². The molecule has 0 aliphatic carbocycles. The minimum atomic E-state index is -0.385. The quantitative estimate of drug-likeness (QED) is 0.722. The second kappa shape index (κ2) is 8.56. The van der Waals surface area contributed by atoms with Crippen molar-refractivity contribution in [3.63, 3.8) is 0 Å². The van der Waals surface area contributed by atoms with Gasteiger partial charge in [-0.25, -0.2) is 4.98 Å². The lowest BCUT2D eigenvalue weighted by Crippen LogP contribution is -2.38. The largest absolute Gasteiger partial charge is 0.469 e. The highest BCUT2D eigenvalue weighted by Gasteiger charge is 2.28. The van der Waals surface area contributed by atoms with Gasteiger partial charge in [0.2, 0.25) is 5.91 Å². The molecule has 0 saturated heterocycles. The van der Waals surface area contributed by atoms with Gasteiger partial charge in [0.15, 0.2) is 0 Å². The number of ether oxygens (including phenoxy) is 1. The first-order chi connectivity index (χ1) is 10.3. The van der Waals surface area contributed by atoms with Gasteiger partial charge in [-0.3, -0.25) is 9.59 Å². The number of imidazole rings is 1. The third kappa shape index (κ3) is 5.50. The maximum atomic E-state index is 12.6. The van der Waals surface area contributed by atoms with Gasteiger partial charge in [0.05, 0.1) is 19.6 Å². The predicted molar refractivity (Wildman–Crippen MR) is 83.9 cm³/mol. The van der Waals surface area contributed by atoms with E-state index in [1.165, 1.54) is 7.11 Å². The topological polar surface area (TPSA) is 84.1 Å².